The van der Waals surface area contributed by atoms with E-state index in [0.717, 1.165) is 5.56 Å². The predicted molar refractivity (Wildman–Crippen MR) is 41.0 cm³/mol. The number of aromatic carboxylic acids is 1. The Kier molecular flexibility index (Phi) is 1.53. The molecule has 1 heterocycles. The van der Waals surface area contributed by atoms with Crippen LogP contribution in [0.1, 0.15) is 34.9 Å². The molecule has 1 aliphatic rings. The Morgan fingerprint density at radius 1 is 1.42 bits per heavy atom. The number of carboxylic acid groups (broad SMARTS) is 1. The molecule has 4 heteroatoms. The van der Waals surface area contributed by atoms with Crippen LogP contribution in [-0.2, 0) is 0 Å². The van der Waals surface area contributed by atoms with Crippen LogP contribution in [0.4, 0.5) is 0 Å². The van der Waals surface area contributed by atoms with Crippen LogP contribution >= 0.6 is 0 Å². The molecule has 0 aliphatic heterocycles. The van der Waals surface area contributed by atoms with E-state index in [9.17, 15) is 4.79 Å². The fourth-order valence-electron chi connectivity index (χ4n) is 1.08. The zero-order valence-corrected chi connectivity index (χ0v) is 6.40. The van der Waals surface area contributed by atoms with Gasteiger partial charge in [-0.25, -0.2) is 14.8 Å². The maximum Gasteiger partial charge on any atom is 0.373 e. The number of rotatable bonds is 2. The molecule has 0 saturated heterocycles. The lowest BCUT2D eigenvalue weighted by Crippen LogP contribution is -2.03. The van der Waals surface area contributed by atoms with Crippen molar-refractivity contribution in [2.45, 2.75) is 18.8 Å². The smallest absolute Gasteiger partial charge is 0.373 e. The molecule has 4 nitrogen and oxygen atoms in total. The standard InChI is InChI=1S/C8H8N2O2/c11-8(12)7-9-3-6(4-10-7)5-1-2-5/h3-5H,1-2H2,(H,11,12). The Bertz CT molecular complexity index is 303. The van der Waals surface area contributed by atoms with Crippen LogP contribution in [0.2, 0.25) is 0 Å². The predicted octanol–water partition coefficient (Wildman–Crippen LogP) is 1.05. The van der Waals surface area contributed by atoms with Crippen LogP contribution in [0.5, 0.6) is 0 Å². The molecule has 12 heavy (non-hydrogen) atoms. The van der Waals surface area contributed by atoms with E-state index >= 15 is 0 Å². The lowest BCUT2D eigenvalue weighted by molar-refractivity contribution is 0.0683. The summed E-state index contributed by atoms with van der Waals surface area (Å²) in [6.45, 7) is 0. The maximum atomic E-state index is 10.4. The van der Waals surface area contributed by atoms with Crippen LogP contribution in [0.15, 0.2) is 12.4 Å². The topological polar surface area (TPSA) is 63.1 Å². The molecule has 1 aliphatic carbocycles. The van der Waals surface area contributed by atoms with Crippen LogP contribution in [0, 0.1) is 0 Å². The van der Waals surface area contributed by atoms with E-state index in [0.29, 0.717) is 5.92 Å². The highest BCUT2D eigenvalue weighted by Crippen LogP contribution is 2.39. The molecule has 0 amide bonds. The first-order chi connectivity index (χ1) is 5.77. The number of carboxylic acids is 1. The summed E-state index contributed by atoms with van der Waals surface area (Å²) in [5, 5.41) is 8.50. The lowest BCUT2D eigenvalue weighted by Gasteiger charge is -1.95. The van der Waals surface area contributed by atoms with Crippen LogP contribution in [-0.4, -0.2) is 21.0 Å². The summed E-state index contributed by atoms with van der Waals surface area (Å²) >= 11 is 0. The molecule has 1 fully saturated rings. The Morgan fingerprint density at radius 3 is 2.42 bits per heavy atom. The highest BCUT2D eigenvalue weighted by Gasteiger charge is 2.24. The first-order valence-corrected chi connectivity index (χ1v) is 3.82. The van der Waals surface area contributed by atoms with E-state index in [1.807, 2.05) is 0 Å². The monoisotopic (exact) mass is 164 g/mol. The van der Waals surface area contributed by atoms with Crippen LogP contribution in [0.3, 0.4) is 0 Å². The second kappa shape index (κ2) is 2.55. The quantitative estimate of drug-likeness (QED) is 0.709. The van der Waals surface area contributed by atoms with E-state index < -0.39 is 5.97 Å². The van der Waals surface area contributed by atoms with Gasteiger partial charge in [-0.1, -0.05) is 0 Å². The van der Waals surface area contributed by atoms with E-state index in [4.69, 9.17) is 5.11 Å². The molecule has 0 aromatic carbocycles. The average molecular weight is 164 g/mol. The zero-order valence-electron chi connectivity index (χ0n) is 6.40. The third-order valence-electron chi connectivity index (χ3n) is 1.91. The molecule has 0 atom stereocenters. The highest BCUT2D eigenvalue weighted by molar-refractivity contribution is 5.82. The normalized spacial score (nSPS) is 16.0. The van der Waals surface area contributed by atoms with E-state index in [2.05, 4.69) is 9.97 Å². The molecule has 1 aromatic heterocycles. The van der Waals surface area contributed by atoms with Crippen molar-refractivity contribution >= 4 is 5.97 Å². The number of nitrogens with zero attached hydrogens (tertiary/aromatic N) is 2. The van der Waals surface area contributed by atoms with Gasteiger partial charge < -0.3 is 5.11 Å². The van der Waals surface area contributed by atoms with Crippen LogP contribution in [0.25, 0.3) is 0 Å². The van der Waals surface area contributed by atoms with Gasteiger partial charge in [0.1, 0.15) is 0 Å². The number of carbonyl (C=O) groups is 1. The van der Waals surface area contributed by atoms with E-state index in [1.165, 1.54) is 12.8 Å². The van der Waals surface area contributed by atoms with Crippen molar-refractivity contribution in [2.75, 3.05) is 0 Å². The lowest BCUT2D eigenvalue weighted by atomic mass is 10.2. The summed E-state index contributed by atoms with van der Waals surface area (Å²) in [6, 6.07) is 0. The highest BCUT2D eigenvalue weighted by atomic mass is 16.4. The Hall–Kier alpha value is -1.45. The van der Waals surface area contributed by atoms with Gasteiger partial charge in [-0.3, -0.25) is 0 Å². The van der Waals surface area contributed by atoms with Crippen molar-refractivity contribution in [1.29, 1.82) is 0 Å². The van der Waals surface area contributed by atoms with Crippen molar-refractivity contribution in [3.63, 3.8) is 0 Å². The van der Waals surface area contributed by atoms with Gasteiger partial charge in [0, 0.05) is 12.4 Å². The van der Waals surface area contributed by atoms with Crippen molar-refractivity contribution in [2.24, 2.45) is 0 Å². The van der Waals surface area contributed by atoms with Crippen molar-refractivity contribution in [1.82, 2.24) is 9.97 Å². The summed E-state index contributed by atoms with van der Waals surface area (Å²) in [4.78, 5) is 17.8. The molecule has 2 rings (SSSR count). The van der Waals surface area contributed by atoms with Crippen molar-refractivity contribution < 1.29 is 9.90 Å². The van der Waals surface area contributed by atoms with Gasteiger partial charge in [0.05, 0.1) is 0 Å². The minimum absolute atomic E-state index is 0.126. The van der Waals surface area contributed by atoms with Crippen molar-refractivity contribution in [3.8, 4) is 0 Å². The van der Waals surface area contributed by atoms with E-state index in [1.54, 1.807) is 12.4 Å². The van der Waals surface area contributed by atoms with E-state index in [-0.39, 0.29) is 5.82 Å². The molecule has 0 bridgehead atoms. The molecule has 1 saturated carbocycles. The Balaban J connectivity index is 2.24. The fraction of sp³-hybridized carbons (Fsp3) is 0.375. The second-order valence-corrected chi connectivity index (χ2v) is 2.92. The summed E-state index contributed by atoms with van der Waals surface area (Å²) in [6.07, 6.45) is 5.56. The summed E-state index contributed by atoms with van der Waals surface area (Å²) in [5.74, 6) is -0.621. The Morgan fingerprint density at radius 2 is 2.00 bits per heavy atom. The molecular weight excluding hydrogens is 156 g/mol. The largest absolute Gasteiger partial charge is 0.475 e. The molecule has 62 valence electrons. The fourth-order valence-corrected chi connectivity index (χ4v) is 1.08. The molecule has 0 radical (unpaired) electrons. The number of hydrogen-bond donors (Lipinski definition) is 1. The third-order valence-corrected chi connectivity index (χ3v) is 1.91. The summed E-state index contributed by atoms with van der Waals surface area (Å²) < 4.78 is 0. The number of aromatic nitrogens is 2. The number of hydrogen-bond acceptors (Lipinski definition) is 3. The van der Waals surface area contributed by atoms with Gasteiger partial charge in [0.2, 0.25) is 5.82 Å². The van der Waals surface area contributed by atoms with Gasteiger partial charge in [-0.05, 0) is 24.3 Å². The van der Waals surface area contributed by atoms with Gasteiger partial charge in [0.15, 0.2) is 0 Å². The maximum absolute atomic E-state index is 10.4. The minimum atomic E-state index is -1.07. The molecule has 0 unspecified atom stereocenters. The van der Waals surface area contributed by atoms with Gasteiger partial charge in [-0.2, -0.15) is 0 Å². The SMILES string of the molecule is O=C(O)c1ncc(C2CC2)cn1. The zero-order chi connectivity index (χ0) is 8.55. The van der Waals surface area contributed by atoms with Gasteiger partial charge in [0.25, 0.3) is 0 Å². The van der Waals surface area contributed by atoms with Crippen molar-refractivity contribution in [3.05, 3.63) is 23.8 Å². The van der Waals surface area contributed by atoms with Gasteiger partial charge >= 0.3 is 5.97 Å². The summed E-state index contributed by atoms with van der Waals surface area (Å²) in [5.41, 5.74) is 1.06. The minimum Gasteiger partial charge on any atom is -0.475 e. The molecule has 1 N–H and O–H groups in total. The first kappa shape index (κ1) is 7.21. The van der Waals surface area contributed by atoms with Gasteiger partial charge in [-0.15, -0.1) is 0 Å². The third kappa shape index (κ3) is 1.28. The average Bonchev–Trinajstić information content (AvgIpc) is 2.87. The first-order valence-electron chi connectivity index (χ1n) is 3.82. The molecule has 0 spiro atoms. The van der Waals surface area contributed by atoms with Crippen LogP contribution < -0.4 is 0 Å². The molecule has 1 aromatic rings. The second-order valence-electron chi connectivity index (χ2n) is 2.92. The molecular formula is C8H8N2O2. The Labute approximate surface area is 69.3 Å². The summed E-state index contributed by atoms with van der Waals surface area (Å²) in [7, 11) is 0.